The highest BCUT2D eigenvalue weighted by Crippen LogP contribution is 2.26. The second-order valence-corrected chi connectivity index (χ2v) is 6.17. The summed E-state index contributed by atoms with van der Waals surface area (Å²) >= 11 is 1.76. The normalized spacial score (nSPS) is 21.3. The summed E-state index contributed by atoms with van der Waals surface area (Å²) in [5.74, 6) is 0.816. The zero-order valence-electron chi connectivity index (χ0n) is 13.0. The summed E-state index contributed by atoms with van der Waals surface area (Å²) in [7, 11) is 1.68. The zero-order chi connectivity index (χ0) is 15.1. The number of ether oxygens (including phenoxy) is 1. The molecule has 0 saturated carbocycles. The van der Waals surface area contributed by atoms with Crippen LogP contribution in [0.15, 0.2) is 47.6 Å². The number of methoxy groups -OCH3 is 1. The third-order valence-corrected chi connectivity index (χ3v) is 4.61. The molecule has 1 aromatic heterocycles. The van der Waals surface area contributed by atoms with Gasteiger partial charge in [0.2, 0.25) is 0 Å². The molecule has 1 aliphatic rings. The number of rotatable bonds is 6. The Morgan fingerprint density at radius 3 is 3.05 bits per heavy atom. The first-order chi connectivity index (χ1) is 10.2. The number of thiazole rings is 1. The molecule has 2 unspecified atom stereocenters. The molecule has 0 N–H and O–H groups in total. The van der Waals surface area contributed by atoms with Gasteiger partial charge in [-0.25, -0.2) is 4.98 Å². The van der Waals surface area contributed by atoms with Crippen LogP contribution in [0.5, 0.6) is 0 Å². The molecule has 0 fully saturated rings. The van der Waals surface area contributed by atoms with E-state index in [1.54, 1.807) is 24.7 Å². The fraction of sp³-hybridized carbons (Fsp3) is 0.389. The maximum absolute atomic E-state index is 5.13. The molecule has 0 bridgehead atoms. The lowest BCUT2D eigenvalue weighted by Gasteiger charge is -2.11. The van der Waals surface area contributed by atoms with Gasteiger partial charge in [-0.1, -0.05) is 50.6 Å². The van der Waals surface area contributed by atoms with Gasteiger partial charge in [-0.05, 0) is 18.1 Å². The van der Waals surface area contributed by atoms with Crippen molar-refractivity contribution >= 4 is 17.4 Å². The van der Waals surface area contributed by atoms with Gasteiger partial charge in [0.05, 0.1) is 24.1 Å². The van der Waals surface area contributed by atoms with Gasteiger partial charge >= 0.3 is 0 Å². The number of hydrogen-bond donors (Lipinski definition) is 0. The van der Waals surface area contributed by atoms with Crippen molar-refractivity contribution in [3.05, 3.63) is 58.3 Å². The number of allylic oxidation sites excluding steroid dienone is 6. The number of hydrogen-bond acceptors (Lipinski definition) is 3. The van der Waals surface area contributed by atoms with Crippen LogP contribution in [0.3, 0.4) is 0 Å². The average molecular weight is 301 g/mol. The monoisotopic (exact) mass is 301 g/mol. The lowest BCUT2D eigenvalue weighted by molar-refractivity contribution is 0.333. The Labute approximate surface area is 131 Å². The van der Waals surface area contributed by atoms with Gasteiger partial charge in [0.15, 0.2) is 0 Å². The van der Waals surface area contributed by atoms with Crippen LogP contribution in [0, 0.1) is 5.92 Å². The Kier molecular flexibility index (Phi) is 6.00. The van der Waals surface area contributed by atoms with Gasteiger partial charge in [0, 0.05) is 17.2 Å². The van der Waals surface area contributed by atoms with E-state index in [2.05, 4.69) is 49.6 Å². The molecule has 0 aliphatic heterocycles. The summed E-state index contributed by atoms with van der Waals surface area (Å²) in [4.78, 5) is 4.72. The highest BCUT2D eigenvalue weighted by atomic mass is 32.1. The van der Waals surface area contributed by atoms with E-state index in [-0.39, 0.29) is 5.92 Å². The van der Waals surface area contributed by atoms with Gasteiger partial charge < -0.3 is 4.74 Å². The molecule has 0 amide bonds. The number of aromatic nitrogens is 1. The molecular formula is C18H23NOS. The van der Waals surface area contributed by atoms with E-state index < -0.39 is 0 Å². The predicted molar refractivity (Wildman–Crippen MR) is 91.3 cm³/mol. The second kappa shape index (κ2) is 7.99. The van der Waals surface area contributed by atoms with E-state index in [0.717, 1.165) is 11.3 Å². The third kappa shape index (κ3) is 4.43. The Morgan fingerprint density at radius 2 is 2.29 bits per heavy atom. The Balaban J connectivity index is 2.05. The fourth-order valence-corrected chi connectivity index (χ4v) is 3.25. The Hall–Kier alpha value is -1.61. The van der Waals surface area contributed by atoms with Gasteiger partial charge in [-0.15, -0.1) is 11.3 Å². The van der Waals surface area contributed by atoms with Crippen LogP contribution in [-0.2, 0) is 4.74 Å². The quantitative estimate of drug-likeness (QED) is 0.662. The summed E-state index contributed by atoms with van der Waals surface area (Å²) in [6.45, 7) is 4.47. The van der Waals surface area contributed by atoms with E-state index in [1.165, 1.54) is 17.8 Å². The molecule has 2 rings (SSSR count). The molecule has 0 radical (unpaired) electrons. The molecule has 1 aromatic rings. The maximum Gasteiger partial charge on any atom is 0.0960 e. The highest BCUT2D eigenvalue weighted by Gasteiger charge is 2.10. The second-order valence-electron chi connectivity index (χ2n) is 5.28. The van der Waals surface area contributed by atoms with E-state index in [0.29, 0.717) is 5.92 Å². The van der Waals surface area contributed by atoms with Crippen molar-refractivity contribution in [2.24, 2.45) is 5.92 Å². The van der Waals surface area contributed by atoms with Crippen LogP contribution in [0.4, 0.5) is 0 Å². The maximum atomic E-state index is 5.13. The largest absolute Gasteiger partial charge is 0.504 e. The molecule has 112 valence electrons. The molecule has 21 heavy (non-hydrogen) atoms. The van der Waals surface area contributed by atoms with Crippen molar-refractivity contribution in [3.63, 3.8) is 0 Å². The smallest absolute Gasteiger partial charge is 0.0960 e. The zero-order valence-corrected chi connectivity index (χ0v) is 13.8. The Morgan fingerprint density at radius 1 is 1.43 bits per heavy atom. The van der Waals surface area contributed by atoms with Crippen LogP contribution in [0.1, 0.15) is 43.3 Å². The summed E-state index contributed by atoms with van der Waals surface area (Å²) in [6, 6.07) is 0. The van der Waals surface area contributed by atoms with Gasteiger partial charge in [-0.2, -0.15) is 0 Å². The van der Waals surface area contributed by atoms with Gasteiger partial charge in [0.1, 0.15) is 0 Å². The molecular weight excluding hydrogens is 278 g/mol. The fourth-order valence-electron chi connectivity index (χ4n) is 2.36. The molecule has 0 aromatic carbocycles. The topological polar surface area (TPSA) is 22.1 Å². The first kappa shape index (κ1) is 15.8. The average Bonchev–Trinajstić information content (AvgIpc) is 2.96. The van der Waals surface area contributed by atoms with Crippen molar-refractivity contribution in [1.29, 1.82) is 0 Å². The van der Waals surface area contributed by atoms with Crippen LogP contribution < -0.4 is 0 Å². The van der Waals surface area contributed by atoms with E-state index in [9.17, 15) is 0 Å². The minimum atomic E-state index is 0.258. The van der Waals surface area contributed by atoms with Gasteiger partial charge in [0.25, 0.3) is 0 Å². The molecule has 1 aliphatic carbocycles. The van der Waals surface area contributed by atoms with Crippen molar-refractivity contribution in [3.8, 4) is 0 Å². The van der Waals surface area contributed by atoms with Crippen molar-refractivity contribution in [2.45, 2.75) is 32.6 Å². The molecule has 0 saturated heterocycles. The predicted octanol–water partition coefficient (Wildman–Crippen LogP) is 5.33. The summed E-state index contributed by atoms with van der Waals surface area (Å²) < 4.78 is 5.13. The van der Waals surface area contributed by atoms with Crippen molar-refractivity contribution in [2.75, 3.05) is 7.11 Å². The standard InChI is InChI=1S/C18H23NOS/c1-4-7-14(2)18-19-17(13-21-18)11-10-15-8-5-6-9-16(15)12-20-3/h5-6,8-15H,4,7H2,1-3H3/b11-10-,16-12+. The molecule has 1 heterocycles. The van der Waals surface area contributed by atoms with E-state index in [1.807, 2.05) is 6.08 Å². The van der Waals surface area contributed by atoms with Crippen molar-refractivity contribution < 1.29 is 4.74 Å². The lowest BCUT2D eigenvalue weighted by atomic mass is 9.95. The van der Waals surface area contributed by atoms with E-state index >= 15 is 0 Å². The SMILES string of the molecule is CCCC(C)c1nc(/C=C\C2C=CC=C/C2=C\OC)cs1. The highest BCUT2D eigenvalue weighted by molar-refractivity contribution is 7.09. The summed E-state index contributed by atoms with van der Waals surface area (Å²) in [5.41, 5.74) is 2.21. The summed E-state index contributed by atoms with van der Waals surface area (Å²) in [6.07, 6.45) is 16.8. The minimum absolute atomic E-state index is 0.258. The molecule has 0 spiro atoms. The number of nitrogens with zero attached hydrogens (tertiary/aromatic N) is 1. The van der Waals surface area contributed by atoms with Crippen LogP contribution in [0.25, 0.3) is 6.08 Å². The van der Waals surface area contributed by atoms with Crippen LogP contribution in [0.2, 0.25) is 0 Å². The first-order valence-corrected chi connectivity index (χ1v) is 8.34. The van der Waals surface area contributed by atoms with E-state index in [4.69, 9.17) is 9.72 Å². The summed E-state index contributed by atoms with van der Waals surface area (Å²) in [5, 5.41) is 3.38. The van der Waals surface area contributed by atoms with Crippen LogP contribution in [-0.4, -0.2) is 12.1 Å². The van der Waals surface area contributed by atoms with Crippen LogP contribution >= 0.6 is 11.3 Å². The first-order valence-electron chi connectivity index (χ1n) is 7.46. The molecule has 2 nitrogen and oxygen atoms in total. The van der Waals surface area contributed by atoms with Crippen molar-refractivity contribution in [1.82, 2.24) is 4.98 Å². The van der Waals surface area contributed by atoms with Gasteiger partial charge in [-0.3, -0.25) is 0 Å². The molecule has 3 heteroatoms. The lowest BCUT2D eigenvalue weighted by Crippen LogP contribution is -1.98. The minimum Gasteiger partial charge on any atom is -0.504 e. The Bertz CT molecular complexity index is 566. The third-order valence-electron chi connectivity index (χ3n) is 3.51. The molecule has 2 atom stereocenters.